The van der Waals surface area contributed by atoms with Crippen molar-refractivity contribution in [3.8, 4) is 11.3 Å². The second-order valence-electron chi connectivity index (χ2n) is 7.86. The summed E-state index contributed by atoms with van der Waals surface area (Å²) in [5.74, 6) is 0. The Morgan fingerprint density at radius 1 is 1.07 bits per heavy atom. The number of fused-ring (bicyclic) bond motifs is 1. The van der Waals surface area contributed by atoms with Crippen molar-refractivity contribution >= 4 is 35.8 Å². The van der Waals surface area contributed by atoms with Crippen molar-refractivity contribution < 1.29 is 0 Å². The molecular weight excluding hydrogens is 410 g/mol. The van der Waals surface area contributed by atoms with Crippen LogP contribution in [0.3, 0.4) is 0 Å². The minimum absolute atomic E-state index is 0. The molecule has 0 saturated heterocycles. The number of nitrogens with zero attached hydrogens (tertiary/aromatic N) is 2. The van der Waals surface area contributed by atoms with Gasteiger partial charge in [-0.2, -0.15) is 0 Å². The summed E-state index contributed by atoms with van der Waals surface area (Å²) in [6.07, 6.45) is 7.74. The smallest absolute Gasteiger partial charge is 0.0976 e. The Labute approximate surface area is 190 Å². The summed E-state index contributed by atoms with van der Waals surface area (Å²) in [4.78, 5) is 9.20. The number of nitrogens with one attached hydrogen (secondary N) is 1. The van der Waals surface area contributed by atoms with Gasteiger partial charge in [-0.1, -0.05) is 18.2 Å². The Morgan fingerprint density at radius 2 is 1.87 bits per heavy atom. The summed E-state index contributed by atoms with van der Waals surface area (Å²) in [6.45, 7) is 7.14. The fourth-order valence-corrected chi connectivity index (χ4v) is 4.84. The van der Waals surface area contributed by atoms with Gasteiger partial charge < -0.3 is 5.32 Å². The second-order valence-corrected chi connectivity index (χ2v) is 8.80. The first-order valence-electron chi connectivity index (χ1n) is 10.6. The standard InChI is InChI=1S/C25H29N3S.ClH/c1-4-26-16-27-23-12-17(2)22(11-18(23)3)14-25-28-24(15-29-25)21-10-9-19-7-5-6-8-20(19)13-21;/h9-13,15-16H,4-8,14H2,1-3H3,(H,26,27);1H. The van der Waals surface area contributed by atoms with Gasteiger partial charge in [0.15, 0.2) is 0 Å². The van der Waals surface area contributed by atoms with Gasteiger partial charge in [0.2, 0.25) is 0 Å². The maximum Gasteiger partial charge on any atom is 0.0976 e. The van der Waals surface area contributed by atoms with E-state index in [9.17, 15) is 0 Å². The zero-order valence-corrected chi connectivity index (χ0v) is 19.6. The summed E-state index contributed by atoms with van der Waals surface area (Å²) in [6, 6.07) is 11.4. The van der Waals surface area contributed by atoms with Crippen molar-refractivity contribution in [3.05, 3.63) is 68.5 Å². The lowest BCUT2D eigenvalue weighted by atomic mass is 9.90. The van der Waals surface area contributed by atoms with Gasteiger partial charge in [-0.15, -0.1) is 23.7 Å². The lowest BCUT2D eigenvalue weighted by Crippen LogP contribution is -2.02. The highest BCUT2D eigenvalue weighted by Gasteiger charge is 2.13. The van der Waals surface area contributed by atoms with Gasteiger partial charge in [0, 0.05) is 29.6 Å². The third-order valence-corrected chi connectivity index (χ3v) is 6.56. The lowest BCUT2D eigenvalue weighted by molar-refractivity contribution is 0.686. The first-order chi connectivity index (χ1) is 14.1. The van der Waals surface area contributed by atoms with Gasteiger partial charge in [0.1, 0.15) is 0 Å². The lowest BCUT2D eigenvalue weighted by Gasteiger charge is -2.16. The van der Waals surface area contributed by atoms with Crippen molar-refractivity contribution in [2.45, 2.75) is 52.9 Å². The van der Waals surface area contributed by atoms with Crippen molar-refractivity contribution in [1.82, 2.24) is 4.98 Å². The zero-order chi connectivity index (χ0) is 20.2. The molecule has 0 amide bonds. The predicted octanol–water partition coefficient (Wildman–Crippen LogP) is 6.78. The number of aliphatic imine (C=N–C) groups is 1. The van der Waals surface area contributed by atoms with Crippen LogP contribution in [0.25, 0.3) is 11.3 Å². The Bertz CT molecular complexity index is 1040. The van der Waals surface area contributed by atoms with Gasteiger partial charge in [-0.25, -0.2) is 4.98 Å². The Balaban J connectivity index is 0.00000256. The molecule has 0 fully saturated rings. The molecular formula is C25H30ClN3S. The number of halogens is 1. The minimum Gasteiger partial charge on any atom is -0.347 e. The number of benzene rings is 2. The van der Waals surface area contributed by atoms with Crippen molar-refractivity contribution in [2.75, 3.05) is 11.9 Å². The van der Waals surface area contributed by atoms with E-state index in [0.717, 1.165) is 24.3 Å². The normalized spacial score (nSPS) is 13.2. The maximum absolute atomic E-state index is 4.96. The van der Waals surface area contributed by atoms with Gasteiger partial charge in [-0.05, 0) is 86.4 Å². The van der Waals surface area contributed by atoms with Gasteiger partial charge in [0.05, 0.1) is 17.0 Å². The number of hydrogen-bond donors (Lipinski definition) is 1. The fourth-order valence-electron chi connectivity index (χ4n) is 4.01. The molecule has 0 saturated carbocycles. The molecule has 158 valence electrons. The van der Waals surface area contributed by atoms with E-state index >= 15 is 0 Å². The Morgan fingerprint density at radius 3 is 2.67 bits per heavy atom. The highest BCUT2D eigenvalue weighted by molar-refractivity contribution is 7.10. The minimum atomic E-state index is 0. The number of hydrogen-bond acceptors (Lipinski definition) is 3. The zero-order valence-electron chi connectivity index (χ0n) is 18.0. The highest BCUT2D eigenvalue weighted by atomic mass is 35.5. The van der Waals surface area contributed by atoms with Crippen LogP contribution in [-0.2, 0) is 19.3 Å². The molecule has 1 aromatic heterocycles. The second kappa shape index (κ2) is 10.2. The van der Waals surface area contributed by atoms with Crippen LogP contribution in [0.15, 0.2) is 40.7 Å². The van der Waals surface area contributed by atoms with Crippen LogP contribution in [0.4, 0.5) is 5.69 Å². The number of aryl methyl sites for hydroxylation is 4. The molecule has 0 spiro atoms. The van der Waals surface area contributed by atoms with E-state index in [1.54, 1.807) is 17.7 Å². The van der Waals surface area contributed by atoms with Gasteiger partial charge in [-0.3, -0.25) is 4.99 Å². The SMILES string of the molecule is CCN=CNc1cc(C)c(Cc2nc(-c3ccc4c(c3)CCCC4)cs2)cc1C.Cl. The van der Waals surface area contributed by atoms with E-state index < -0.39 is 0 Å². The average Bonchev–Trinajstić information content (AvgIpc) is 3.20. The number of aromatic nitrogens is 1. The molecule has 1 aliphatic rings. The van der Waals surface area contributed by atoms with Crippen LogP contribution in [0, 0.1) is 13.8 Å². The molecule has 0 bridgehead atoms. The van der Waals surface area contributed by atoms with E-state index in [-0.39, 0.29) is 12.4 Å². The third kappa shape index (κ3) is 5.11. The van der Waals surface area contributed by atoms with Crippen molar-refractivity contribution in [2.24, 2.45) is 4.99 Å². The largest absolute Gasteiger partial charge is 0.347 e. The van der Waals surface area contributed by atoms with Crippen LogP contribution in [0.2, 0.25) is 0 Å². The molecule has 1 heterocycles. The fraction of sp³-hybridized carbons (Fsp3) is 0.360. The molecule has 3 nitrogen and oxygen atoms in total. The molecule has 0 unspecified atom stereocenters. The summed E-state index contributed by atoms with van der Waals surface area (Å²) in [7, 11) is 0. The third-order valence-electron chi connectivity index (χ3n) is 5.71. The highest BCUT2D eigenvalue weighted by Crippen LogP contribution is 2.30. The topological polar surface area (TPSA) is 37.3 Å². The van der Waals surface area contributed by atoms with Crippen molar-refractivity contribution in [3.63, 3.8) is 0 Å². The molecule has 0 aliphatic heterocycles. The van der Waals surface area contributed by atoms with Crippen molar-refractivity contribution in [1.29, 1.82) is 0 Å². The Kier molecular flexibility index (Phi) is 7.68. The first-order valence-corrected chi connectivity index (χ1v) is 11.4. The van der Waals surface area contributed by atoms with Crippen LogP contribution < -0.4 is 5.32 Å². The molecule has 0 radical (unpaired) electrons. The van der Waals surface area contributed by atoms with Gasteiger partial charge in [0.25, 0.3) is 0 Å². The molecule has 4 rings (SSSR count). The van der Waals surface area contributed by atoms with Crippen LogP contribution >= 0.6 is 23.7 Å². The molecule has 0 atom stereocenters. The summed E-state index contributed by atoms with van der Waals surface area (Å²) >= 11 is 1.76. The summed E-state index contributed by atoms with van der Waals surface area (Å²) in [5.41, 5.74) is 10.4. The van der Waals surface area contributed by atoms with E-state index in [1.165, 1.54) is 64.1 Å². The van der Waals surface area contributed by atoms with E-state index in [1.807, 2.05) is 6.92 Å². The number of thiazole rings is 1. The Hall–Kier alpha value is -2.17. The molecule has 1 N–H and O–H groups in total. The molecule has 1 aliphatic carbocycles. The quantitative estimate of drug-likeness (QED) is 0.339. The molecule has 3 aromatic rings. The van der Waals surface area contributed by atoms with Crippen LogP contribution in [0.5, 0.6) is 0 Å². The summed E-state index contributed by atoms with van der Waals surface area (Å²) in [5, 5.41) is 6.67. The summed E-state index contributed by atoms with van der Waals surface area (Å²) < 4.78 is 0. The first kappa shape index (κ1) is 22.5. The average molecular weight is 440 g/mol. The monoisotopic (exact) mass is 439 g/mol. The van der Waals surface area contributed by atoms with Crippen LogP contribution in [-0.4, -0.2) is 17.9 Å². The molecule has 2 aromatic carbocycles. The molecule has 30 heavy (non-hydrogen) atoms. The van der Waals surface area contributed by atoms with E-state index in [2.05, 4.69) is 59.9 Å². The van der Waals surface area contributed by atoms with Gasteiger partial charge >= 0.3 is 0 Å². The predicted molar refractivity (Wildman–Crippen MR) is 133 cm³/mol. The number of rotatable bonds is 6. The van der Waals surface area contributed by atoms with E-state index in [4.69, 9.17) is 4.98 Å². The van der Waals surface area contributed by atoms with Crippen LogP contribution in [0.1, 0.15) is 52.6 Å². The van der Waals surface area contributed by atoms with E-state index in [0.29, 0.717) is 0 Å². The maximum atomic E-state index is 4.96. The number of anilines is 1. The molecule has 5 heteroatoms.